The molecule has 3 heteroatoms. The first-order chi connectivity index (χ1) is 4.86. The van der Waals surface area contributed by atoms with Crippen LogP contribution in [-0.4, -0.2) is 12.5 Å². The van der Waals surface area contributed by atoms with E-state index < -0.39 is 0 Å². The van der Waals surface area contributed by atoms with Gasteiger partial charge < -0.3 is 5.02 Å². The lowest BCUT2D eigenvalue weighted by atomic mass is 9.75. The van der Waals surface area contributed by atoms with E-state index in [0.29, 0.717) is 5.57 Å². The van der Waals surface area contributed by atoms with Crippen LogP contribution in [-0.2, 0) is 0 Å². The number of hydrogen-bond acceptors (Lipinski definition) is 2. The lowest BCUT2D eigenvalue weighted by Gasteiger charge is -2.07. The van der Waals surface area contributed by atoms with Crippen molar-refractivity contribution in [1.29, 1.82) is 5.26 Å². The van der Waals surface area contributed by atoms with Crippen molar-refractivity contribution in [2.75, 3.05) is 0 Å². The molecule has 1 rings (SSSR count). The van der Waals surface area contributed by atoms with E-state index >= 15 is 0 Å². The molecule has 0 bridgehead atoms. The summed E-state index contributed by atoms with van der Waals surface area (Å²) in [6.07, 6.45) is 6.26. The second kappa shape index (κ2) is 3.24. The lowest BCUT2D eigenvalue weighted by molar-refractivity contribution is 0.588. The average molecular weight is 133 g/mol. The molecule has 0 aromatic carbocycles. The van der Waals surface area contributed by atoms with Gasteiger partial charge >= 0.3 is 0 Å². The first-order valence-corrected chi connectivity index (χ1v) is 3.26. The highest BCUT2D eigenvalue weighted by molar-refractivity contribution is 6.28. The maximum Gasteiger partial charge on any atom is 0.278 e. The van der Waals surface area contributed by atoms with Crippen LogP contribution in [0.3, 0.4) is 0 Å². The van der Waals surface area contributed by atoms with E-state index in [0.717, 1.165) is 6.42 Å². The zero-order chi connectivity index (χ0) is 7.40. The van der Waals surface area contributed by atoms with E-state index in [4.69, 9.17) is 10.3 Å². The van der Waals surface area contributed by atoms with E-state index in [9.17, 15) is 0 Å². The predicted octanol–water partition coefficient (Wildman–Crippen LogP) is 0.529. The van der Waals surface area contributed by atoms with E-state index in [1.165, 1.54) is 0 Å². The van der Waals surface area contributed by atoms with Crippen LogP contribution in [0.2, 0.25) is 5.82 Å². The van der Waals surface area contributed by atoms with Gasteiger partial charge in [-0.25, -0.2) is 0 Å². The third-order valence-corrected chi connectivity index (χ3v) is 1.55. The number of rotatable bonds is 1. The highest BCUT2D eigenvalue weighted by Gasteiger charge is 2.07. The van der Waals surface area contributed by atoms with Crippen LogP contribution < -0.4 is 0 Å². The maximum absolute atomic E-state index is 8.69. The van der Waals surface area contributed by atoms with Gasteiger partial charge in [-0.15, -0.1) is 0 Å². The molecule has 1 aliphatic carbocycles. The number of hydrogen-bond donors (Lipinski definition) is 1. The van der Waals surface area contributed by atoms with Gasteiger partial charge in [0.1, 0.15) is 0 Å². The van der Waals surface area contributed by atoms with Crippen molar-refractivity contribution in [3.05, 3.63) is 23.8 Å². The lowest BCUT2D eigenvalue weighted by Crippen LogP contribution is -2.01. The van der Waals surface area contributed by atoms with Gasteiger partial charge in [-0.1, -0.05) is 12.2 Å². The van der Waals surface area contributed by atoms with Crippen molar-refractivity contribution in [3.63, 3.8) is 0 Å². The van der Waals surface area contributed by atoms with Crippen LogP contribution in [0, 0.1) is 11.3 Å². The summed E-state index contributed by atoms with van der Waals surface area (Å²) in [7, 11) is 0.172. The normalized spacial score (nSPS) is 23.2. The Kier molecular flexibility index (Phi) is 2.30. The zero-order valence-corrected chi connectivity index (χ0v) is 5.62. The van der Waals surface area contributed by atoms with Crippen LogP contribution >= 0.6 is 0 Å². The highest BCUT2D eigenvalue weighted by Crippen LogP contribution is 2.18. The van der Waals surface area contributed by atoms with Gasteiger partial charge in [-0.05, 0) is 18.3 Å². The Labute approximate surface area is 60.8 Å². The van der Waals surface area contributed by atoms with Crippen LogP contribution in [0.1, 0.15) is 6.42 Å². The first-order valence-electron chi connectivity index (χ1n) is 3.26. The minimum atomic E-state index is 0.172. The Morgan fingerprint density at radius 3 is 3.00 bits per heavy atom. The van der Waals surface area contributed by atoms with Crippen molar-refractivity contribution in [2.45, 2.75) is 12.2 Å². The molecule has 0 heterocycles. The van der Waals surface area contributed by atoms with Crippen molar-refractivity contribution < 1.29 is 5.02 Å². The molecule has 0 radical (unpaired) electrons. The maximum atomic E-state index is 8.69. The van der Waals surface area contributed by atoms with Gasteiger partial charge in [-0.3, -0.25) is 0 Å². The van der Waals surface area contributed by atoms with Gasteiger partial charge in [-0.2, -0.15) is 5.26 Å². The van der Waals surface area contributed by atoms with Crippen LogP contribution in [0.15, 0.2) is 23.8 Å². The fourth-order valence-electron chi connectivity index (χ4n) is 0.883. The van der Waals surface area contributed by atoms with Gasteiger partial charge in [0.15, 0.2) is 0 Å². The summed E-state index contributed by atoms with van der Waals surface area (Å²) in [5, 5.41) is 17.1. The highest BCUT2D eigenvalue weighted by atomic mass is 16.2. The Morgan fingerprint density at radius 1 is 1.80 bits per heavy atom. The van der Waals surface area contributed by atoms with Crippen LogP contribution in [0.25, 0.3) is 0 Å². The third-order valence-electron chi connectivity index (χ3n) is 1.55. The molecule has 0 aromatic rings. The molecule has 0 saturated heterocycles. The summed E-state index contributed by atoms with van der Waals surface area (Å²) in [5.74, 6) is 0.220. The summed E-state index contributed by atoms with van der Waals surface area (Å²) in [5.41, 5.74) is 0.699. The minimum Gasteiger partial charge on any atom is -0.453 e. The molecule has 0 spiro atoms. The average Bonchev–Trinajstić information content (AvgIpc) is 2.05. The van der Waals surface area contributed by atoms with E-state index in [1.54, 1.807) is 6.08 Å². The Morgan fingerprint density at radius 2 is 2.60 bits per heavy atom. The first kappa shape index (κ1) is 7.11. The standard InChI is InChI=1S/C7H8BNO/c9-5-6-1-3-7(8-10)4-2-6/h1-3,7-8,10H,4H2/t7-/m1/s1. The molecule has 1 N–H and O–H groups in total. The second-order valence-corrected chi connectivity index (χ2v) is 2.31. The molecular weight excluding hydrogens is 125 g/mol. The Bertz CT molecular complexity index is 214. The summed E-state index contributed by atoms with van der Waals surface area (Å²) < 4.78 is 0. The van der Waals surface area contributed by atoms with Gasteiger partial charge in [0.2, 0.25) is 0 Å². The second-order valence-electron chi connectivity index (χ2n) is 2.31. The Balaban J connectivity index is 2.57. The number of nitriles is 1. The van der Waals surface area contributed by atoms with Gasteiger partial charge in [0.05, 0.1) is 6.07 Å². The summed E-state index contributed by atoms with van der Waals surface area (Å²) in [4.78, 5) is 0. The van der Waals surface area contributed by atoms with E-state index in [1.807, 2.05) is 18.2 Å². The topological polar surface area (TPSA) is 44.0 Å². The molecule has 1 aliphatic rings. The summed E-state index contributed by atoms with van der Waals surface area (Å²) in [6, 6.07) is 2.04. The molecule has 50 valence electrons. The quantitative estimate of drug-likeness (QED) is 0.530. The minimum absolute atomic E-state index is 0.172. The molecule has 0 saturated carbocycles. The molecule has 0 fully saturated rings. The zero-order valence-electron chi connectivity index (χ0n) is 5.62. The van der Waals surface area contributed by atoms with Gasteiger partial charge in [0.25, 0.3) is 7.48 Å². The van der Waals surface area contributed by atoms with E-state index in [-0.39, 0.29) is 13.3 Å². The smallest absolute Gasteiger partial charge is 0.278 e. The van der Waals surface area contributed by atoms with E-state index in [2.05, 4.69) is 0 Å². The molecule has 0 amide bonds. The van der Waals surface area contributed by atoms with Crippen molar-refractivity contribution in [3.8, 4) is 6.07 Å². The molecule has 0 aromatic heterocycles. The molecule has 2 nitrogen and oxygen atoms in total. The molecular formula is C7H8BNO. The molecule has 1 atom stereocenters. The molecule has 0 unspecified atom stereocenters. The summed E-state index contributed by atoms with van der Waals surface area (Å²) >= 11 is 0. The largest absolute Gasteiger partial charge is 0.453 e. The van der Waals surface area contributed by atoms with Gasteiger partial charge in [0, 0.05) is 5.57 Å². The third kappa shape index (κ3) is 1.49. The monoisotopic (exact) mass is 133 g/mol. The number of allylic oxidation sites excluding steroid dienone is 4. The predicted molar refractivity (Wildman–Crippen MR) is 40.6 cm³/mol. The summed E-state index contributed by atoms with van der Waals surface area (Å²) in [6.45, 7) is 0. The van der Waals surface area contributed by atoms with Crippen molar-refractivity contribution in [1.82, 2.24) is 0 Å². The van der Waals surface area contributed by atoms with Crippen molar-refractivity contribution >= 4 is 7.48 Å². The fraction of sp³-hybridized carbons (Fsp3) is 0.286. The van der Waals surface area contributed by atoms with Crippen molar-refractivity contribution in [2.24, 2.45) is 0 Å². The number of nitrogens with zero attached hydrogens (tertiary/aromatic N) is 1. The SMILES string of the molecule is N#CC1=CC[C@H](BO)C=C1. The van der Waals surface area contributed by atoms with Crippen LogP contribution in [0.5, 0.6) is 0 Å². The fourth-order valence-corrected chi connectivity index (χ4v) is 0.883. The van der Waals surface area contributed by atoms with Crippen LogP contribution in [0.4, 0.5) is 0 Å². The Hall–Kier alpha value is -1.01. The molecule has 10 heavy (non-hydrogen) atoms. The molecule has 0 aliphatic heterocycles.